The van der Waals surface area contributed by atoms with E-state index in [4.69, 9.17) is 4.74 Å². The van der Waals surface area contributed by atoms with Crippen LogP contribution in [-0.2, 0) is 0 Å². The normalized spacial score (nSPS) is 11.0. The molecule has 0 unspecified atom stereocenters. The highest BCUT2D eigenvalue weighted by atomic mass is 16.5. The predicted octanol–water partition coefficient (Wildman–Crippen LogP) is 3.66. The summed E-state index contributed by atoms with van der Waals surface area (Å²) in [5, 5.41) is 4.32. The van der Waals surface area contributed by atoms with Crippen molar-refractivity contribution < 1.29 is 9.53 Å². The van der Waals surface area contributed by atoms with Gasteiger partial charge in [-0.2, -0.15) is 5.10 Å². The largest absolute Gasteiger partial charge is 0.494 e. The highest BCUT2D eigenvalue weighted by Crippen LogP contribution is 2.12. The van der Waals surface area contributed by atoms with Gasteiger partial charge in [0.1, 0.15) is 11.5 Å². The van der Waals surface area contributed by atoms with E-state index in [9.17, 15) is 4.79 Å². The van der Waals surface area contributed by atoms with E-state index in [0.717, 1.165) is 11.3 Å². The van der Waals surface area contributed by atoms with Gasteiger partial charge in [-0.15, -0.1) is 0 Å². The standard InChI is InChI=1S/C21H19N3O2/c1-2-26-18-13-11-17(12-14-18)21(25)24-23-20(16-8-4-3-5-9-16)19-10-6-7-15-22-19/h3-15H,2H2,1H3,(H,24,25)/b23-20-. The Morgan fingerprint density at radius 3 is 2.35 bits per heavy atom. The molecule has 0 aliphatic rings. The fourth-order valence-electron chi connectivity index (χ4n) is 2.41. The third kappa shape index (κ3) is 4.33. The number of pyridine rings is 1. The summed E-state index contributed by atoms with van der Waals surface area (Å²) >= 11 is 0. The van der Waals surface area contributed by atoms with Crippen molar-refractivity contribution >= 4 is 11.6 Å². The number of rotatable bonds is 6. The van der Waals surface area contributed by atoms with Gasteiger partial charge in [0.25, 0.3) is 5.91 Å². The van der Waals surface area contributed by atoms with Crippen molar-refractivity contribution in [1.29, 1.82) is 0 Å². The Bertz CT molecular complexity index is 835. The Labute approximate surface area is 152 Å². The van der Waals surface area contributed by atoms with Crippen LogP contribution in [0.15, 0.2) is 84.1 Å². The fraction of sp³-hybridized carbons (Fsp3) is 0.0952. The minimum Gasteiger partial charge on any atom is -0.494 e. The smallest absolute Gasteiger partial charge is 0.271 e. The number of benzene rings is 2. The molecule has 0 spiro atoms. The summed E-state index contributed by atoms with van der Waals surface area (Å²) < 4.78 is 5.39. The van der Waals surface area contributed by atoms with Crippen LogP contribution in [0.1, 0.15) is 28.5 Å². The first-order valence-electron chi connectivity index (χ1n) is 8.35. The van der Waals surface area contributed by atoms with Gasteiger partial charge in [-0.1, -0.05) is 36.4 Å². The molecule has 0 atom stereocenters. The molecule has 0 aliphatic carbocycles. The van der Waals surface area contributed by atoms with Gasteiger partial charge in [-0.05, 0) is 43.3 Å². The summed E-state index contributed by atoms with van der Waals surface area (Å²) in [6.45, 7) is 2.50. The zero-order valence-corrected chi connectivity index (χ0v) is 14.4. The van der Waals surface area contributed by atoms with Crippen LogP contribution in [0.25, 0.3) is 0 Å². The summed E-state index contributed by atoms with van der Waals surface area (Å²) in [5.74, 6) is 0.434. The van der Waals surface area contributed by atoms with E-state index in [-0.39, 0.29) is 5.91 Å². The van der Waals surface area contributed by atoms with Crippen LogP contribution >= 0.6 is 0 Å². The number of hydrazone groups is 1. The first-order chi connectivity index (χ1) is 12.8. The lowest BCUT2D eigenvalue weighted by molar-refractivity contribution is 0.0955. The molecule has 0 aliphatic heterocycles. The van der Waals surface area contributed by atoms with Gasteiger partial charge in [-0.25, -0.2) is 5.43 Å². The average Bonchev–Trinajstić information content (AvgIpc) is 2.70. The van der Waals surface area contributed by atoms with Crippen molar-refractivity contribution in [3.05, 3.63) is 95.8 Å². The molecule has 1 aromatic heterocycles. The molecule has 26 heavy (non-hydrogen) atoms. The summed E-state index contributed by atoms with van der Waals surface area (Å²) in [6, 6.07) is 22.1. The molecule has 3 rings (SSSR count). The summed E-state index contributed by atoms with van der Waals surface area (Å²) in [6.07, 6.45) is 1.70. The number of aromatic nitrogens is 1. The zero-order valence-electron chi connectivity index (χ0n) is 14.4. The molecule has 1 amide bonds. The van der Waals surface area contributed by atoms with E-state index in [0.29, 0.717) is 23.6 Å². The summed E-state index contributed by atoms with van der Waals surface area (Å²) in [7, 11) is 0. The van der Waals surface area contributed by atoms with Crippen LogP contribution in [0.3, 0.4) is 0 Å². The third-order valence-electron chi connectivity index (χ3n) is 3.65. The Hall–Kier alpha value is -3.47. The van der Waals surface area contributed by atoms with Crippen LogP contribution in [0.4, 0.5) is 0 Å². The molecular formula is C21H19N3O2. The number of carbonyl (C=O) groups is 1. The lowest BCUT2D eigenvalue weighted by Gasteiger charge is -2.08. The lowest BCUT2D eigenvalue weighted by atomic mass is 10.1. The van der Waals surface area contributed by atoms with E-state index < -0.39 is 0 Å². The summed E-state index contributed by atoms with van der Waals surface area (Å²) in [5.41, 5.74) is 5.28. The number of ether oxygens (including phenoxy) is 1. The maximum atomic E-state index is 12.4. The fourth-order valence-corrected chi connectivity index (χ4v) is 2.41. The molecule has 5 heteroatoms. The van der Waals surface area contributed by atoms with E-state index >= 15 is 0 Å². The average molecular weight is 345 g/mol. The zero-order chi connectivity index (χ0) is 18.2. The van der Waals surface area contributed by atoms with Crippen LogP contribution in [0.5, 0.6) is 5.75 Å². The maximum absolute atomic E-state index is 12.4. The molecule has 3 aromatic rings. The number of amides is 1. The van der Waals surface area contributed by atoms with Gasteiger partial charge in [-0.3, -0.25) is 9.78 Å². The highest BCUT2D eigenvalue weighted by molar-refractivity contribution is 6.12. The van der Waals surface area contributed by atoms with Crippen LogP contribution < -0.4 is 10.2 Å². The van der Waals surface area contributed by atoms with Gasteiger partial charge in [0.15, 0.2) is 0 Å². The van der Waals surface area contributed by atoms with Crippen LogP contribution in [0.2, 0.25) is 0 Å². The molecule has 1 heterocycles. The molecule has 130 valence electrons. The van der Waals surface area contributed by atoms with Crippen molar-refractivity contribution in [3.8, 4) is 5.75 Å². The molecule has 0 bridgehead atoms. The number of hydrogen-bond donors (Lipinski definition) is 1. The molecule has 5 nitrogen and oxygen atoms in total. The first kappa shape index (κ1) is 17.4. The van der Waals surface area contributed by atoms with Crippen LogP contribution in [-0.4, -0.2) is 23.2 Å². The Morgan fingerprint density at radius 2 is 1.69 bits per heavy atom. The Balaban J connectivity index is 1.83. The number of hydrogen-bond acceptors (Lipinski definition) is 4. The molecular weight excluding hydrogens is 326 g/mol. The van der Waals surface area contributed by atoms with Gasteiger partial charge in [0.2, 0.25) is 0 Å². The van der Waals surface area contributed by atoms with Gasteiger partial charge < -0.3 is 4.74 Å². The van der Waals surface area contributed by atoms with Crippen molar-refractivity contribution in [1.82, 2.24) is 10.4 Å². The van der Waals surface area contributed by atoms with Crippen molar-refractivity contribution in [3.63, 3.8) is 0 Å². The van der Waals surface area contributed by atoms with Gasteiger partial charge >= 0.3 is 0 Å². The molecule has 2 aromatic carbocycles. The summed E-state index contributed by atoms with van der Waals surface area (Å²) in [4.78, 5) is 16.7. The van der Waals surface area contributed by atoms with Gasteiger partial charge in [0.05, 0.1) is 12.3 Å². The van der Waals surface area contributed by atoms with E-state index in [2.05, 4.69) is 15.5 Å². The first-order valence-corrected chi connectivity index (χ1v) is 8.35. The SMILES string of the molecule is CCOc1ccc(C(=O)N/N=C(/c2ccccc2)c2ccccn2)cc1. The minimum atomic E-state index is -0.294. The molecule has 0 radical (unpaired) electrons. The second-order valence-electron chi connectivity index (χ2n) is 5.44. The molecule has 1 N–H and O–H groups in total. The van der Waals surface area contributed by atoms with Gasteiger partial charge in [0, 0.05) is 17.3 Å². The van der Waals surface area contributed by atoms with E-state index in [1.807, 2.05) is 55.5 Å². The highest BCUT2D eigenvalue weighted by Gasteiger charge is 2.10. The molecule has 0 saturated carbocycles. The monoisotopic (exact) mass is 345 g/mol. The third-order valence-corrected chi connectivity index (χ3v) is 3.65. The Kier molecular flexibility index (Phi) is 5.72. The van der Waals surface area contributed by atoms with E-state index in [1.54, 1.807) is 30.5 Å². The number of carbonyl (C=O) groups excluding carboxylic acids is 1. The van der Waals surface area contributed by atoms with Crippen molar-refractivity contribution in [2.24, 2.45) is 5.10 Å². The quantitative estimate of drug-likeness (QED) is 0.548. The second kappa shape index (κ2) is 8.58. The van der Waals surface area contributed by atoms with Crippen molar-refractivity contribution in [2.75, 3.05) is 6.61 Å². The predicted molar refractivity (Wildman–Crippen MR) is 101 cm³/mol. The van der Waals surface area contributed by atoms with E-state index in [1.165, 1.54) is 0 Å². The second-order valence-corrected chi connectivity index (χ2v) is 5.44. The minimum absolute atomic E-state index is 0.294. The molecule has 0 saturated heterocycles. The van der Waals surface area contributed by atoms with Crippen LogP contribution in [0, 0.1) is 0 Å². The molecule has 0 fully saturated rings. The van der Waals surface area contributed by atoms with Crippen molar-refractivity contribution in [2.45, 2.75) is 6.92 Å². The maximum Gasteiger partial charge on any atom is 0.271 e. The lowest BCUT2D eigenvalue weighted by Crippen LogP contribution is -2.21. The number of nitrogens with zero attached hydrogens (tertiary/aromatic N) is 2. The number of nitrogens with one attached hydrogen (secondary N) is 1. The topological polar surface area (TPSA) is 63.6 Å². The Morgan fingerprint density at radius 1 is 0.962 bits per heavy atom.